The number of ether oxygens (including phenoxy) is 1. The maximum absolute atomic E-state index is 11.1. The summed E-state index contributed by atoms with van der Waals surface area (Å²) < 4.78 is 4.99. The Morgan fingerprint density at radius 3 is 2.80 bits per heavy atom. The van der Waals surface area contributed by atoms with Crippen molar-refractivity contribution < 1.29 is 9.53 Å². The van der Waals surface area contributed by atoms with Gasteiger partial charge in [-0.25, -0.2) is 0 Å². The third-order valence-electron chi connectivity index (χ3n) is 1.73. The van der Waals surface area contributed by atoms with Crippen LogP contribution in [0.15, 0.2) is 18.2 Å². The van der Waals surface area contributed by atoms with E-state index >= 15 is 0 Å². The molecule has 4 heteroatoms. The Hall–Kier alpha value is -2.15. The van der Waals surface area contributed by atoms with Crippen LogP contribution in [0.5, 0.6) is 5.75 Å². The molecule has 0 saturated carbocycles. The molecule has 78 valence electrons. The third-order valence-corrected chi connectivity index (χ3v) is 1.73. The minimum Gasteiger partial charge on any atom is -0.495 e. The lowest BCUT2D eigenvalue weighted by Gasteiger charge is -2.06. The summed E-state index contributed by atoms with van der Waals surface area (Å²) in [7, 11) is 1.53. The summed E-state index contributed by atoms with van der Waals surface area (Å²) >= 11 is 0. The lowest BCUT2D eigenvalue weighted by atomic mass is 10.2. The highest BCUT2D eigenvalue weighted by Crippen LogP contribution is 2.24. The Balaban J connectivity index is 2.83. The van der Waals surface area contributed by atoms with Crippen molar-refractivity contribution in [2.24, 2.45) is 0 Å². The zero-order valence-corrected chi connectivity index (χ0v) is 8.63. The molecule has 15 heavy (non-hydrogen) atoms. The summed E-state index contributed by atoms with van der Waals surface area (Å²) in [6.45, 7) is 1.60. The van der Waals surface area contributed by atoms with Crippen LogP contribution in [0, 0.1) is 11.8 Å². The zero-order chi connectivity index (χ0) is 11.3. The van der Waals surface area contributed by atoms with Crippen LogP contribution in [0.1, 0.15) is 6.92 Å². The smallest absolute Gasteiger partial charge is 0.300 e. The van der Waals surface area contributed by atoms with Gasteiger partial charge in [0.15, 0.2) is 0 Å². The van der Waals surface area contributed by atoms with Gasteiger partial charge in [0.25, 0.3) is 5.91 Å². The minimum atomic E-state index is -0.359. The first-order chi connectivity index (χ1) is 7.17. The molecule has 0 aromatic heterocycles. The summed E-state index contributed by atoms with van der Waals surface area (Å²) in [5.41, 5.74) is 6.74. The van der Waals surface area contributed by atoms with Gasteiger partial charge in [-0.1, -0.05) is 5.92 Å². The quantitative estimate of drug-likeness (QED) is 0.562. The van der Waals surface area contributed by atoms with E-state index in [4.69, 9.17) is 10.5 Å². The van der Waals surface area contributed by atoms with Gasteiger partial charge in [0.1, 0.15) is 5.75 Å². The Morgan fingerprint density at radius 2 is 2.27 bits per heavy atom. The fraction of sp³-hybridized carbons (Fsp3) is 0.182. The Labute approximate surface area is 88.4 Å². The second-order valence-electron chi connectivity index (χ2n) is 2.79. The van der Waals surface area contributed by atoms with Crippen molar-refractivity contribution in [2.75, 3.05) is 18.2 Å². The number of amides is 1. The van der Waals surface area contributed by atoms with E-state index in [9.17, 15) is 4.79 Å². The number of carbonyl (C=O) groups is 1. The Morgan fingerprint density at radius 1 is 1.53 bits per heavy atom. The molecule has 0 aliphatic rings. The van der Waals surface area contributed by atoms with Gasteiger partial charge in [-0.15, -0.1) is 0 Å². The van der Waals surface area contributed by atoms with E-state index in [2.05, 4.69) is 17.2 Å². The molecule has 3 N–H and O–H groups in total. The molecule has 0 aliphatic carbocycles. The molecule has 0 saturated heterocycles. The van der Waals surface area contributed by atoms with E-state index < -0.39 is 0 Å². The summed E-state index contributed by atoms with van der Waals surface area (Å²) in [6.07, 6.45) is 0. The molecule has 0 spiro atoms. The number of carbonyl (C=O) groups excluding carboxylic acids is 1. The zero-order valence-electron chi connectivity index (χ0n) is 8.63. The van der Waals surface area contributed by atoms with Crippen molar-refractivity contribution in [1.29, 1.82) is 0 Å². The molecule has 0 unspecified atom stereocenters. The largest absolute Gasteiger partial charge is 0.495 e. The monoisotopic (exact) mass is 204 g/mol. The standard InChI is InChI=1S/C11H12N2O2/c1-3-4-11(14)13-8-5-6-10(15-2)9(12)7-8/h5-7H,12H2,1-2H3,(H,13,14). The second kappa shape index (κ2) is 4.91. The van der Waals surface area contributed by atoms with Crippen LogP contribution < -0.4 is 15.8 Å². The van der Waals surface area contributed by atoms with Crippen LogP contribution in [0.25, 0.3) is 0 Å². The van der Waals surface area contributed by atoms with Gasteiger partial charge < -0.3 is 15.8 Å². The number of hydrogen-bond acceptors (Lipinski definition) is 3. The van der Waals surface area contributed by atoms with Gasteiger partial charge in [-0.3, -0.25) is 4.79 Å². The van der Waals surface area contributed by atoms with E-state index in [1.807, 2.05) is 0 Å². The number of nitrogens with one attached hydrogen (secondary N) is 1. The van der Waals surface area contributed by atoms with Crippen LogP contribution in [0.2, 0.25) is 0 Å². The predicted molar refractivity (Wildman–Crippen MR) is 59.5 cm³/mol. The fourth-order valence-electron chi connectivity index (χ4n) is 1.09. The molecule has 0 fully saturated rings. The molecule has 0 radical (unpaired) electrons. The molecule has 0 bridgehead atoms. The molecule has 1 aromatic rings. The van der Waals surface area contributed by atoms with Crippen molar-refractivity contribution in [2.45, 2.75) is 6.92 Å². The molecule has 0 atom stereocenters. The highest BCUT2D eigenvalue weighted by atomic mass is 16.5. The number of methoxy groups -OCH3 is 1. The van der Waals surface area contributed by atoms with Crippen LogP contribution in [0.4, 0.5) is 11.4 Å². The van der Waals surface area contributed by atoms with Gasteiger partial charge in [-0.05, 0) is 31.0 Å². The summed E-state index contributed by atoms with van der Waals surface area (Å²) in [5, 5.41) is 2.59. The van der Waals surface area contributed by atoms with E-state index in [1.165, 1.54) is 7.11 Å². The second-order valence-corrected chi connectivity index (χ2v) is 2.79. The summed E-state index contributed by atoms with van der Waals surface area (Å²) in [6, 6.07) is 5.00. The molecule has 0 aliphatic heterocycles. The van der Waals surface area contributed by atoms with Crippen LogP contribution >= 0.6 is 0 Å². The summed E-state index contributed by atoms with van der Waals surface area (Å²) in [4.78, 5) is 11.1. The van der Waals surface area contributed by atoms with Gasteiger partial charge in [0.2, 0.25) is 0 Å². The van der Waals surface area contributed by atoms with Crippen molar-refractivity contribution >= 4 is 17.3 Å². The van der Waals surface area contributed by atoms with Crippen molar-refractivity contribution in [1.82, 2.24) is 0 Å². The molecule has 0 heterocycles. The Kier molecular flexibility index (Phi) is 3.58. The Bertz CT molecular complexity index is 430. The lowest BCUT2D eigenvalue weighted by Crippen LogP contribution is -2.08. The van der Waals surface area contributed by atoms with Crippen LogP contribution in [-0.2, 0) is 4.79 Å². The first-order valence-corrected chi connectivity index (χ1v) is 4.34. The fourth-order valence-corrected chi connectivity index (χ4v) is 1.09. The maximum atomic E-state index is 11.1. The third kappa shape index (κ3) is 2.92. The number of nitrogen functional groups attached to an aromatic ring is 1. The van der Waals surface area contributed by atoms with Gasteiger partial charge in [-0.2, -0.15) is 0 Å². The predicted octanol–water partition coefficient (Wildman–Crippen LogP) is 1.24. The average molecular weight is 204 g/mol. The van der Waals surface area contributed by atoms with Crippen LogP contribution in [0.3, 0.4) is 0 Å². The van der Waals surface area contributed by atoms with Crippen molar-refractivity contribution in [3.63, 3.8) is 0 Å². The number of hydrogen-bond donors (Lipinski definition) is 2. The van der Waals surface area contributed by atoms with Crippen molar-refractivity contribution in [3.05, 3.63) is 18.2 Å². The van der Waals surface area contributed by atoms with E-state index in [-0.39, 0.29) is 5.91 Å². The highest BCUT2D eigenvalue weighted by Gasteiger charge is 2.02. The summed E-state index contributed by atoms with van der Waals surface area (Å²) in [5.74, 6) is 5.10. The number of nitrogens with two attached hydrogens (primary N) is 1. The molecule has 1 aromatic carbocycles. The van der Waals surface area contributed by atoms with E-state index in [1.54, 1.807) is 25.1 Å². The topological polar surface area (TPSA) is 64.3 Å². The molecular weight excluding hydrogens is 192 g/mol. The van der Waals surface area contributed by atoms with Crippen molar-refractivity contribution in [3.8, 4) is 17.6 Å². The molecular formula is C11H12N2O2. The number of benzene rings is 1. The van der Waals surface area contributed by atoms with E-state index in [0.717, 1.165) is 0 Å². The maximum Gasteiger partial charge on any atom is 0.300 e. The number of rotatable bonds is 2. The molecule has 1 amide bonds. The van der Waals surface area contributed by atoms with Gasteiger partial charge >= 0.3 is 0 Å². The first kappa shape index (κ1) is 10.9. The highest BCUT2D eigenvalue weighted by molar-refractivity contribution is 6.04. The van der Waals surface area contributed by atoms with Gasteiger partial charge in [0.05, 0.1) is 12.8 Å². The molecule has 1 rings (SSSR count). The van der Waals surface area contributed by atoms with Crippen LogP contribution in [-0.4, -0.2) is 13.0 Å². The van der Waals surface area contributed by atoms with E-state index in [0.29, 0.717) is 17.1 Å². The SMILES string of the molecule is CC#CC(=O)Nc1ccc(OC)c(N)c1. The molecule has 4 nitrogen and oxygen atoms in total. The number of anilines is 2. The average Bonchev–Trinajstić information content (AvgIpc) is 2.18. The minimum absolute atomic E-state index is 0.359. The lowest BCUT2D eigenvalue weighted by molar-refractivity contribution is -0.111. The first-order valence-electron chi connectivity index (χ1n) is 4.34. The normalized spacial score (nSPS) is 8.67. The van der Waals surface area contributed by atoms with Gasteiger partial charge in [0, 0.05) is 5.69 Å².